The Bertz CT molecular complexity index is 2590. The molecule has 9 aliphatic rings. The van der Waals surface area contributed by atoms with Gasteiger partial charge in [0.05, 0.1) is 0 Å². The summed E-state index contributed by atoms with van der Waals surface area (Å²) in [6.45, 7) is 9.05. The molecule has 8 amide bonds. The summed E-state index contributed by atoms with van der Waals surface area (Å²) in [4.78, 5) is 138. The van der Waals surface area contributed by atoms with Gasteiger partial charge >= 0.3 is 30.2 Å². The highest BCUT2D eigenvalue weighted by Gasteiger charge is 2.51. The zero-order chi connectivity index (χ0) is 65.2. The number of nitrogens with one attached hydrogen (secondary N) is 7. The van der Waals surface area contributed by atoms with Gasteiger partial charge in [0.2, 0.25) is 29.5 Å². The van der Waals surface area contributed by atoms with E-state index in [0.717, 1.165) is 82.5 Å². The summed E-state index contributed by atoms with van der Waals surface area (Å²) in [7, 11) is 0. The fourth-order valence-corrected chi connectivity index (χ4v) is 15.9. The van der Waals surface area contributed by atoms with Gasteiger partial charge in [-0.15, -0.1) is 0 Å². The lowest BCUT2D eigenvalue weighted by Gasteiger charge is -2.53. The molecule has 506 valence electrons. The van der Waals surface area contributed by atoms with Crippen molar-refractivity contribution in [3.8, 4) is 0 Å². The molecule has 23 heteroatoms. The van der Waals surface area contributed by atoms with Crippen molar-refractivity contribution in [3.63, 3.8) is 0 Å². The van der Waals surface area contributed by atoms with Crippen LogP contribution >= 0.6 is 0 Å². The van der Waals surface area contributed by atoms with Crippen molar-refractivity contribution >= 4 is 59.8 Å². The Kier molecular flexibility index (Phi) is 26.0. The van der Waals surface area contributed by atoms with Crippen LogP contribution in [0.3, 0.4) is 0 Å². The van der Waals surface area contributed by atoms with E-state index in [1.54, 1.807) is 45.0 Å². The molecule has 0 saturated heterocycles. The van der Waals surface area contributed by atoms with Gasteiger partial charge in [-0.25, -0.2) is 19.2 Å². The minimum atomic E-state index is -1.49. The van der Waals surface area contributed by atoms with Gasteiger partial charge in [0.25, 0.3) is 0 Å². The fourth-order valence-electron chi connectivity index (χ4n) is 15.9. The van der Waals surface area contributed by atoms with Crippen molar-refractivity contribution in [2.45, 2.75) is 262 Å². The van der Waals surface area contributed by atoms with Crippen molar-refractivity contribution in [3.05, 3.63) is 35.9 Å². The van der Waals surface area contributed by atoms with Gasteiger partial charge in [-0.1, -0.05) is 50.6 Å². The quantitative estimate of drug-likeness (QED) is 0.0188. The molecule has 9 N–H and O–H groups in total. The molecule has 1 aromatic rings. The maximum atomic E-state index is 14.9. The molecular weight excluding hydrogens is 1170 g/mol. The highest BCUT2D eigenvalue weighted by Crippen LogP contribution is 2.56. The molecule has 5 atom stereocenters. The SMILES string of the molecule is CC(C)C[C@H](NC(=O)OC(C)(C)C)C(=O)N[C@@H](CCC(=O)OC1CCCCC1)C(=O)N[C@@H](CCCCNC(=O)OC1C2CC3CC(C2)CC1C3)C(=O)N[C@@H](CCC(N)=O)C(=O)N[C@@H](CCCCNC(=O)OC1C2CC3CC(C2)CC1C3)C(=O)OCc1ccccc1. The lowest BCUT2D eigenvalue weighted by Crippen LogP contribution is -2.59. The molecule has 0 aromatic heterocycles. The van der Waals surface area contributed by atoms with E-state index in [1.807, 2.05) is 19.9 Å². The third-order valence-corrected chi connectivity index (χ3v) is 19.7. The Balaban J connectivity index is 0.954. The first-order chi connectivity index (χ1) is 43.5. The van der Waals surface area contributed by atoms with Crippen LogP contribution in [-0.2, 0) is 63.9 Å². The number of carbonyl (C=O) groups is 10. The molecule has 0 heterocycles. The summed E-state index contributed by atoms with van der Waals surface area (Å²) in [6.07, 6.45) is 13.3. The van der Waals surface area contributed by atoms with E-state index in [0.29, 0.717) is 73.2 Å². The smallest absolute Gasteiger partial charge is 0.408 e. The first kappa shape index (κ1) is 70.2. The molecule has 23 nitrogen and oxygen atoms in total. The van der Waals surface area contributed by atoms with Crippen molar-refractivity contribution in [2.24, 2.45) is 59.0 Å². The number of esters is 2. The Morgan fingerprint density at radius 2 is 0.945 bits per heavy atom. The van der Waals surface area contributed by atoms with Crippen LogP contribution < -0.4 is 43.0 Å². The maximum absolute atomic E-state index is 14.9. The predicted octanol–water partition coefficient (Wildman–Crippen LogP) is 7.97. The van der Waals surface area contributed by atoms with Crippen molar-refractivity contribution in [1.82, 2.24) is 37.2 Å². The minimum Gasteiger partial charge on any atom is -0.462 e. The van der Waals surface area contributed by atoms with Gasteiger partial charge in [-0.2, -0.15) is 0 Å². The highest BCUT2D eigenvalue weighted by atomic mass is 16.6. The molecule has 9 saturated carbocycles. The van der Waals surface area contributed by atoms with Gasteiger partial charge in [-0.3, -0.25) is 28.8 Å². The van der Waals surface area contributed by atoms with Crippen LogP contribution in [0.2, 0.25) is 0 Å². The average Bonchev–Trinajstić information content (AvgIpc) is 0.802. The molecule has 8 bridgehead atoms. The van der Waals surface area contributed by atoms with E-state index in [1.165, 1.54) is 12.8 Å². The second-order valence-electron chi connectivity index (χ2n) is 28.9. The number of carbonyl (C=O) groups excluding carboxylic acids is 10. The van der Waals surface area contributed by atoms with Gasteiger partial charge in [0, 0.05) is 25.9 Å². The number of hydrogen-bond donors (Lipinski definition) is 8. The maximum Gasteiger partial charge on any atom is 0.408 e. The molecule has 10 rings (SSSR count). The summed E-state index contributed by atoms with van der Waals surface area (Å²) >= 11 is 0. The normalized spacial score (nSPS) is 26.1. The molecule has 0 radical (unpaired) electrons. The third kappa shape index (κ3) is 22.3. The third-order valence-electron chi connectivity index (χ3n) is 19.7. The number of hydrogen-bond acceptors (Lipinski definition) is 15. The molecule has 9 fully saturated rings. The van der Waals surface area contributed by atoms with E-state index >= 15 is 0 Å². The van der Waals surface area contributed by atoms with Crippen molar-refractivity contribution < 1.29 is 71.6 Å². The molecule has 0 unspecified atom stereocenters. The number of rotatable bonds is 33. The lowest BCUT2D eigenvalue weighted by molar-refractivity contribution is -0.151. The van der Waals surface area contributed by atoms with E-state index in [2.05, 4.69) is 37.2 Å². The first-order valence-electron chi connectivity index (χ1n) is 34.3. The van der Waals surface area contributed by atoms with E-state index in [9.17, 15) is 47.9 Å². The minimum absolute atomic E-state index is 0.0622. The molecule has 0 aliphatic heterocycles. The molecule has 0 spiro atoms. The van der Waals surface area contributed by atoms with Crippen LogP contribution in [0.4, 0.5) is 14.4 Å². The molecule has 9 aliphatic carbocycles. The standard InChI is InChI=1S/C68H104N8O15/c1-40(2)28-55(76-67(86)91-68(3,4)5)63(82)74-53(23-25-57(78)88-50-18-10-7-11-19-50)61(80)72-51(20-12-14-26-70-65(84)89-58-46-31-42-29-43(33-46)34-47(58)32-42)60(79)73-52(22-24-56(69)77)62(81)75-54(64(83)87-39-41-16-8-6-9-17-41)21-13-15-27-71-66(85)90-59-48-35-44-30-45(37-48)38-49(59)36-44/h6,8-9,16-17,40,42-55,58-59H,7,10-15,18-39H2,1-5H3,(H2,69,77)(H,70,84)(H,71,85)(H,72,80)(H,73,79)(H,74,82)(H,75,81)(H,76,86)/t42?,43?,44?,45?,46?,47?,48?,49?,51-,52-,53-,54-,55-,58?,59?/m0/s1. The van der Waals surface area contributed by atoms with Crippen LogP contribution in [0.15, 0.2) is 30.3 Å². The Morgan fingerprint density at radius 3 is 1.41 bits per heavy atom. The Hall–Kier alpha value is -6.68. The van der Waals surface area contributed by atoms with E-state index < -0.39 is 95.6 Å². The summed E-state index contributed by atoms with van der Waals surface area (Å²) in [5, 5.41) is 19.3. The number of primary amides is 1. The van der Waals surface area contributed by atoms with Crippen LogP contribution in [0, 0.1) is 53.3 Å². The van der Waals surface area contributed by atoms with Gasteiger partial charge in [0.15, 0.2) is 0 Å². The van der Waals surface area contributed by atoms with Crippen molar-refractivity contribution in [1.29, 1.82) is 0 Å². The van der Waals surface area contributed by atoms with Crippen LogP contribution in [-0.4, -0.2) is 127 Å². The number of amides is 8. The lowest BCUT2D eigenvalue weighted by atomic mass is 9.55. The number of unbranched alkanes of at least 4 members (excludes halogenated alkanes) is 2. The highest BCUT2D eigenvalue weighted by molar-refractivity contribution is 5.96. The zero-order valence-corrected chi connectivity index (χ0v) is 54.4. The Labute approximate surface area is 536 Å². The fraction of sp³-hybridized carbons (Fsp3) is 0.765. The number of alkyl carbamates (subject to hydrolysis) is 3. The molecular formula is C68H104N8O15. The first-order valence-corrected chi connectivity index (χ1v) is 34.3. The van der Waals surface area contributed by atoms with Crippen LogP contribution in [0.1, 0.15) is 207 Å². The summed E-state index contributed by atoms with van der Waals surface area (Å²) in [6, 6.07) is 2.16. The van der Waals surface area contributed by atoms with E-state index in [-0.39, 0.29) is 95.3 Å². The monoisotopic (exact) mass is 1270 g/mol. The summed E-state index contributed by atoms with van der Waals surface area (Å²) in [5.74, 6) is -1.21. The van der Waals surface area contributed by atoms with Gasteiger partial charge < -0.3 is 66.6 Å². The van der Waals surface area contributed by atoms with Gasteiger partial charge in [0.1, 0.15) is 60.7 Å². The molecule has 1 aromatic carbocycles. The second kappa shape index (κ2) is 33.8. The van der Waals surface area contributed by atoms with Crippen molar-refractivity contribution in [2.75, 3.05) is 13.1 Å². The molecule has 91 heavy (non-hydrogen) atoms. The number of ether oxygens (including phenoxy) is 5. The second-order valence-corrected chi connectivity index (χ2v) is 28.9. The van der Waals surface area contributed by atoms with Crippen LogP contribution in [0.5, 0.6) is 0 Å². The zero-order valence-electron chi connectivity index (χ0n) is 54.4. The van der Waals surface area contributed by atoms with Crippen LogP contribution in [0.25, 0.3) is 0 Å². The average molecular weight is 1270 g/mol. The number of benzene rings is 1. The van der Waals surface area contributed by atoms with Gasteiger partial charge in [-0.05, 0) is 227 Å². The van der Waals surface area contributed by atoms with E-state index in [4.69, 9.17) is 29.4 Å². The predicted molar refractivity (Wildman–Crippen MR) is 336 cm³/mol. The Morgan fingerprint density at radius 1 is 0.505 bits per heavy atom. The summed E-state index contributed by atoms with van der Waals surface area (Å²) in [5.41, 5.74) is 5.43. The topological polar surface area (TPSA) is 327 Å². The largest absolute Gasteiger partial charge is 0.462 e. The summed E-state index contributed by atoms with van der Waals surface area (Å²) < 4.78 is 29.0. The number of nitrogens with two attached hydrogens (primary N) is 1.